The quantitative estimate of drug-likeness (QED) is 0.714. The molecule has 7 heteroatoms. The Morgan fingerprint density at radius 3 is 2.17 bits per heavy atom. The van der Waals surface area contributed by atoms with E-state index in [0.29, 0.717) is 12.2 Å². The lowest BCUT2D eigenvalue weighted by molar-refractivity contribution is -0.136. The Kier molecular flexibility index (Phi) is 7.30. The lowest BCUT2D eigenvalue weighted by Crippen LogP contribution is -2.49. The molecule has 3 rings (SSSR count). The lowest BCUT2D eigenvalue weighted by Gasteiger charge is -2.36. The molecule has 0 atom stereocenters. The van der Waals surface area contributed by atoms with Gasteiger partial charge in [-0.1, -0.05) is 18.2 Å². The molecule has 1 saturated heterocycles. The fourth-order valence-electron chi connectivity index (χ4n) is 3.61. The first kappa shape index (κ1) is 21.6. The van der Waals surface area contributed by atoms with Gasteiger partial charge in [-0.3, -0.25) is 14.5 Å². The van der Waals surface area contributed by atoms with Gasteiger partial charge in [-0.05, 0) is 49.2 Å². The SMILES string of the molecule is COc1ccc(N2CCN(CCNC(=O)C(=O)Nc3c(C)cccc3C)CC2)cc1. The normalized spacial score (nSPS) is 14.3. The predicted octanol–water partition coefficient (Wildman–Crippen LogP) is 2.19. The van der Waals surface area contributed by atoms with Crippen molar-refractivity contribution in [3.05, 3.63) is 53.6 Å². The molecule has 2 N–H and O–H groups in total. The number of aryl methyl sites for hydroxylation is 2. The molecule has 0 aromatic heterocycles. The number of carbonyl (C=O) groups excluding carboxylic acids is 2. The van der Waals surface area contributed by atoms with Crippen molar-refractivity contribution < 1.29 is 14.3 Å². The molecule has 0 unspecified atom stereocenters. The molecule has 2 amide bonds. The Morgan fingerprint density at radius 1 is 0.933 bits per heavy atom. The average molecular weight is 411 g/mol. The van der Waals surface area contributed by atoms with Crippen LogP contribution in [0.2, 0.25) is 0 Å². The summed E-state index contributed by atoms with van der Waals surface area (Å²) in [5.74, 6) is -0.374. The number of ether oxygens (including phenoxy) is 1. The second kappa shape index (κ2) is 10.1. The van der Waals surface area contributed by atoms with Gasteiger partial charge in [0.25, 0.3) is 0 Å². The minimum absolute atomic E-state index is 0.446. The zero-order chi connectivity index (χ0) is 21.5. The standard InChI is InChI=1S/C23H30N4O3/c1-17-5-4-6-18(2)21(17)25-23(29)22(28)24-11-12-26-13-15-27(16-14-26)19-7-9-20(30-3)10-8-19/h4-10H,11-16H2,1-3H3,(H,24,28)(H,25,29). The summed E-state index contributed by atoms with van der Waals surface area (Å²) in [6.45, 7) is 8.66. The molecule has 0 saturated carbocycles. The summed E-state index contributed by atoms with van der Waals surface area (Å²) in [6.07, 6.45) is 0. The summed E-state index contributed by atoms with van der Waals surface area (Å²) in [5, 5.41) is 5.44. The molecule has 30 heavy (non-hydrogen) atoms. The fraction of sp³-hybridized carbons (Fsp3) is 0.391. The number of nitrogens with one attached hydrogen (secondary N) is 2. The van der Waals surface area contributed by atoms with Crippen molar-refractivity contribution in [3.8, 4) is 5.75 Å². The van der Waals surface area contributed by atoms with Crippen molar-refractivity contribution >= 4 is 23.2 Å². The largest absolute Gasteiger partial charge is 0.497 e. The fourth-order valence-corrected chi connectivity index (χ4v) is 3.61. The van der Waals surface area contributed by atoms with E-state index in [0.717, 1.165) is 49.6 Å². The van der Waals surface area contributed by atoms with Crippen molar-refractivity contribution in [3.63, 3.8) is 0 Å². The number of para-hydroxylation sites is 1. The summed E-state index contributed by atoms with van der Waals surface area (Å²) in [4.78, 5) is 29.0. The number of hydrogen-bond acceptors (Lipinski definition) is 5. The number of amides is 2. The van der Waals surface area contributed by atoms with Crippen LogP contribution in [-0.2, 0) is 9.59 Å². The first-order chi connectivity index (χ1) is 14.5. The number of rotatable bonds is 6. The van der Waals surface area contributed by atoms with Crippen LogP contribution in [0.3, 0.4) is 0 Å². The van der Waals surface area contributed by atoms with Crippen LogP contribution in [0.4, 0.5) is 11.4 Å². The Hall–Kier alpha value is -3.06. The zero-order valence-electron chi connectivity index (χ0n) is 17.9. The molecule has 2 aromatic rings. The van der Waals surface area contributed by atoms with Crippen molar-refractivity contribution in [1.82, 2.24) is 10.2 Å². The third-order valence-electron chi connectivity index (χ3n) is 5.45. The Balaban J connectivity index is 1.39. The Labute approximate surface area is 178 Å². The summed E-state index contributed by atoms with van der Waals surface area (Å²) < 4.78 is 5.21. The summed E-state index contributed by atoms with van der Waals surface area (Å²) in [5.41, 5.74) is 3.76. The second-order valence-electron chi connectivity index (χ2n) is 7.50. The number of anilines is 2. The van der Waals surface area contributed by atoms with E-state index in [1.165, 1.54) is 5.69 Å². The molecule has 0 bridgehead atoms. The molecular weight excluding hydrogens is 380 g/mol. The Morgan fingerprint density at radius 2 is 1.57 bits per heavy atom. The molecule has 1 heterocycles. The molecular formula is C23H30N4O3. The van der Waals surface area contributed by atoms with Crippen LogP contribution in [-0.4, -0.2) is 63.1 Å². The highest BCUT2D eigenvalue weighted by molar-refractivity contribution is 6.39. The van der Waals surface area contributed by atoms with E-state index >= 15 is 0 Å². The van der Waals surface area contributed by atoms with Gasteiger partial charge in [0.2, 0.25) is 0 Å². The molecule has 0 radical (unpaired) electrons. The van der Waals surface area contributed by atoms with Crippen LogP contribution in [0.1, 0.15) is 11.1 Å². The van der Waals surface area contributed by atoms with Crippen LogP contribution >= 0.6 is 0 Å². The third-order valence-corrected chi connectivity index (χ3v) is 5.45. The minimum atomic E-state index is -0.628. The first-order valence-corrected chi connectivity index (χ1v) is 10.2. The van der Waals surface area contributed by atoms with Gasteiger partial charge in [-0.2, -0.15) is 0 Å². The van der Waals surface area contributed by atoms with Gasteiger partial charge in [-0.15, -0.1) is 0 Å². The smallest absolute Gasteiger partial charge is 0.313 e. The maximum atomic E-state index is 12.2. The van der Waals surface area contributed by atoms with E-state index in [1.807, 2.05) is 44.2 Å². The first-order valence-electron chi connectivity index (χ1n) is 10.2. The average Bonchev–Trinajstić information content (AvgIpc) is 2.76. The van der Waals surface area contributed by atoms with E-state index in [2.05, 4.69) is 32.6 Å². The van der Waals surface area contributed by atoms with Gasteiger partial charge in [0.05, 0.1) is 7.11 Å². The monoisotopic (exact) mass is 410 g/mol. The van der Waals surface area contributed by atoms with Crippen molar-refractivity contribution in [2.24, 2.45) is 0 Å². The second-order valence-corrected chi connectivity index (χ2v) is 7.50. The summed E-state index contributed by atoms with van der Waals surface area (Å²) in [7, 11) is 1.67. The van der Waals surface area contributed by atoms with Crippen molar-refractivity contribution in [1.29, 1.82) is 0 Å². The topological polar surface area (TPSA) is 73.9 Å². The van der Waals surface area contributed by atoms with Gasteiger partial charge in [0.1, 0.15) is 5.75 Å². The summed E-state index contributed by atoms with van der Waals surface area (Å²) >= 11 is 0. The zero-order valence-corrected chi connectivity index (χ0v) is 17.9. The van der Waals surface area contributed by atoms with Crippen molar-refractivity contribution in [2.75, 3.05) is 56.6 Å². The van der Waals surface area contributed by atoms with Crippen LogP contribution < -0.4 is 20.3 Å². The van der Waals surface area contributed by atoms with Crippen LogP contribution in [0, 0.1) is 13.8 Å². The van der Waals surface area contributed by atoms with Gasteiger partial charge in [0, 0.05) is 50.6 Å². The molecule has 7 nitrogen and oxygen atoms in total. The van der Waals surface area contributed by atoms with E-state index in [-0.39, 0.29) is 0 Å². The van der Waals surface area contributed by atoms with Gasteiger partial charge < -0.3 is 20.3 Å². The maximum Gasteiger partial charge on any atom is 0.313 e. The molecule has 1 aliphatic rings. The number of hydrogen-bond donors (Lipinski definition) is 2. The number of benzene rings is 2. The number of carbonyl (C=O) groups is 2. The van der Waals surface area contributed by atoms with Crippen LogP contribution in [0.5, 0.6) is 5.75 Å². The molecule has 0 spiro atoms. The maximum absolute atomic E-state index is 12.2. The molecule has 1 aliphatic heterocycles. The van der Waals surface area contributed by atoms with E-state index in [1.54, 1.807) is 7.11 Å². The van der Waals surface area contributed by atoms with E-state index in [9.17, 15) is 9.59 Å². The third kappa shape index (κ3) is 5.51. The van der Waals surface area contributed by atoms with E-state index < -0.39 is 11.8 Å². The highest BCUT2D eigenvalue weighted by atomic mass is 16.5. The van der Waals surface area contributed by atoms with Crippen molar-refractivity contribution in [2.45, 2.75) is 13.8 Å². The van der Waals surface area contributed by atoms with E-state index in [4.69, 9.17) is 4.74 Å². The van der Waals surface area contributed by atoms with Crippen LogP contribution in [0.25, 0.3) is 0 Å². The molecule has 2 aromatic carbocycles. The minimum Gasteiger partial charge on any atom is -0.497 e. The predicted molar refractivity (Wildman–Crippen MR) is 119 cm³/mol. The number of methoxy groups -OCH3 is 1. The highest BCUT2D eigenvalue weighted by Gasteiger charge is 2.19. The number of piperazine rings is 1. The highest BCUT2D eigenvalue weighted by Crippen LogP contribution is 2.21. The molecule has 1 fully saturated rings. The van der Waals surface area contributed by atoms with Crippen LogP contribution in [0.15, 0.2) is 42.5 Å². The van der Waals surface area contributed by atoms with Gasteiger partial charge >= 0.3 is 11.8 Å². The molecule has 0 aliphatic carbocycles. The molecule has 160 valence electrons. The summed E-state index contributed by atoms with van der Waals surface area (Å²) in [6, 6.07) is 13.8. The lowest BCUT2D eigenvalue weighted by atomic mass is 10.1. The Bertz CT molecular complexity index is 854. The van der Waals surface area contributed by atoms with Gasteiger partial charge in [-0.25, -0.2) is 0 Å². The van der Waals surface area contributed by atoms with Gasteiger partial charge in [0.15, 0.2) is 0 Å². The number of nitrogens with zero attached hydrogens (tertiary/aromatic N) is 2.